The van der Waals surface area contributed by atoms with Crippen molar-refractivity contribution < 1.29 is 27.4 Å². The molecule has 0 unspecified atom stereocenters. The average molecular weight is 530 g/mol. The van der Waals surface area contributed by atoms with Crippen molar-refractivity contribution in [2.45, 2.75) is 31.7 Å². The summed E-state index contributed by atoms with van der Waals surface area (Å²) < 4.78 is 45.3. The highest BCUT2D eigenvalue weighted by atomic mass is 32.2. The van der Waals surface area contributed by atoms with Crippen LogP contribution < -0.4 is 19.1 Å². The van der Waals surface area contributed by atoms with Gasteiger partial charge in [0.25, 0.3) is 0 Å². The molecular formula is C27H35N3O6S. The number of allylic oxidation sites excluding steroid dienone is 1. The van der Waals surface area contributed by atoms with E-state index in [0.29, 0.717) is 62.1 Å². The Morgan fingerprint density at radius 2 is 1.46 bits per heavy atom. The number of piperazine rings is 1. The van der Waals surface area contributed by atoms with E-state index in [1.165, 1.54) is 4.31 Å². The van der Waals surface area contributed by atoms with E-state index < -0.39 is 10.0 Å². The molecule has 0 aromatic heterocycles. The maximum Gasteiger partial charge on any atom is 0.246 e. The Bertz CT molecular complexity index is 1300. The molecule has 0 spiro atoms. The molecule has 2 aliphatic rings. The van der Waals surface area contributed by atoms with E-state index in [9.17, 15) is 13.2 Å². The number of amides is 1. The van der Waals surface area contributed by atoms with Gasteiger partial charge in [0, 0.05) is 45.3 Å². The molecule has 2 aromatic rings. The van der Waals surface area contributed by atoms with Crippen LogP contribution in [0.4, 0.5) is 5.69 Å². The summed E-state index contributed by atoms with van der Waals surface area (Å²) in [5, 5.41) is 0. The zero-order chi connectivity index (χ0) is 26.7. The minimum Gasteiger partial charge on any atom is -0.495 e. The van der Waals surface area contributed by atoms with Crippen LogP contribution in [0.15, 0.2) is 46.9 Å². The summed E-state index contributed by atoms with van der Waals surface area (Å²) in [7, 11) is 0.974. The first kappa shape index (κ1) is 26.8. The first-order valence-electron chi connectivity index (χ1n) is 12.3. The number of hydrogen-bond acceptors (Lipinski definition) is 7. The summed E-state index contributed by atoms with van der Waals surface area (Å²) >= 11 is 0. The molecule has 1 amide bonds. The standard InChI is InChI=1S/C27H35N3O6S/c1-19(2)14-27(31)29-12-10-28(11-13-29)23-17-22(6-7-24(23)34-3)37(32,33)30-9-8-20-15-25(35-4)26(36-5)16-21(20)18-30/h6-7,14-17H,8-13,18H2,1-5H3. The summed E-state index contributed by atoms with van der Waals surface area (Å²) in [6.45, 7) is 6.70. The van der Waals surface area contributed by atoms with Gasteiger partial charge in [-0.3, -0.25) is 4.79 Å². The number of fused-ring (bicyclic) bond motifs is 1. The highest BCUT2D eigenvalue weighted by Gasteiger charge is 2.31. The number of nitrogens with zero attached hydrogens (tertiary/aromatic N) is 3. The fourth-order valence-corrected chi connectivity index (χ4v) is 6.23. The van der Waals surface area contributed by atoms with E-state index in [1.807, 2.05) is 30.9 Å². The van der Waals surface area contributed by atoms with Gasteiger partial charge in [-0.15, -0.1) is 0 Å². The number of hydrogen-bond donors (Lipinski definition) is 0. The van der Waals surface area contributed by atoms with Crippen LogP contribution in [0.1, 0.15) is 25.0 Å². The van der Waals surface area contributed by atoms with Crippen molar-refractivity contribution in [2.75, 3.05) is 59.0 Å². The summed E-state index contributed by atoms with van der Waals surface area (Å²) in [6.07, 6.45) is 2.23. The SMILES string of the molecule is COc1cc2c(cc1OC)CN(S(=O)(=O)c1ccc(OC)c(N3CCN(C(=O)C=C(C)C)CC3)c1)CC2. The van der Waals surface area contributed by atoms with E-state index in [2.05, 4.69) is 4.90 Å². The quantitative estimate of drug-likeness (QED) is 0.510. The van der Waals surface area contributed by atoms with Crippen molar-refractivity contribution in [1.29, 1.82) is 0 Å². The molecule has 2 heterocycles. The second-order valence-corrected chi connectivity index (χ2v) is 11.4. The molecular weight excluding hydrogens is 494 g/mol. The first-order chi connectivity index (χ1) is 17.7. The fraction of sp³-hybridized carbons (Fsp3) is 0.444. The second kappa shape index (κ2) is 11.0. The van der Waals surface area contributed by atoms with Gasteiger partial charge < -0.3 is 24.0 Å². The summed E-state index contributed by atoms with van der Waals surface area (Å²) in [5.74, 6) is 1.82. The third kappa shape index (κ3) is 5.55. The Hall–Kier alpha value is -3.24. The van der Waals surface area contributed by atoms with Crippen molar-refractivity contribution in [3.63, 3.8) is 0 Å². The van der Waals surface area contributed by atoms with E-state index >= 15 is 0 Å². The zero-order valence-electron chi connectivity index (χ0n) is 22.1. The molecule has 200 valence electrons. The largest absolute Gasteiger partial charge is 0.495 e. The molecule has 37 heavy (non-hydrogen) atoms. The molecule has 0 N–H and O–H groups in total. The van der Waals surface area contributed by atoms with Crippen LogP contribution in [0.2, 0.25) is 0 Å². The van der Waals surface area contributed by atoms with Gasteiger partial charge in [-0.2, -0.15) is 4.31 Å². The number of sulfonamides is 1. The van der Waals surface area contributed by atoms with Gasteiger partial charge in [-0.05, 0) is 61.7 Å². The molecule has 1 fully saturated rings. The lowest BCUT2D eigenvalue weighted by Gasteiger charge is -2.36. The van der Waals surface area contributed by atoms with Crippen molar-refractivity contribution in [1.82, 2.24) is 9.21 Å². The van der Waals surface area contributed by atoms with E-state index in [1.54, 1.807) is 45.6 Å². The average Bonchev–Trinajstić information content (AvgIpc) is 2.91. The Morgan fingerprint density at radius 3 is 2.05 bits per heavy atom. The highest BCUT2D eigenvalue weighted by Crippen LogP contribution is 2.36. The van der Waals surface area contributed by atoms with Crippen molar-refractivity contribution in [2.24, 2.45) is 0 Å². The zero-order valence-corrected chi connectivity index (χ0v) is 22.9. The van der Waals surface area contributed by atoms with Crippen molar-refractivity contribution >= 4 is 21.6 Å². The van der Waals surface area contributed by atoms with E-state index in [0.717, 1.165) is 16.7 Å². The van der Waals surface area contributed by atoms with E-state index in [4.69, 9.17) is 14.2 Å². The minimum absolute atomic E-state index is 0.00238. The minimum atomic E-state index is -3.76. The number of carbonyl (C=O) groups excluding carboxylic acids is 1. The van der Waals surface area contributed by atoms with Crippen LogP contribution in [-0.2, 0) is 27.8 Å². The van der Waals surface area contributed by atoms with Crippen LogP contribution in [0.3, 0.4) is 0 Å². The van der Waals surface area contributed by atoms with Gasteiger partial charge >= 0.3 is 0 Å². The molecule has 9 nitrogen and oxygen atoms in total. The van der Waals surface area contributed by atoms with E-state index in [-0.39, 0.29) is 17.3 Å². The molecule has 0 atom stereocenters. The number of rotatable bonds is 7. The van der Waals surface area contributed by atoms with Gasteiger partial charge in [0.2, 0.25) is 15.9 Å². The maximum absolute atomic E-state index is 13.7. The monoisotopic (exact) mass is 529 g/mol. The Kier molecular flexibility index (Phi) is 7.99. The lowest BCUT2D eigenvalue weighted by molar-refractivity contribution is -0.126. The Morgan fingerprint density at radius 1 is 0.838 bits per heavy atom. The normalized spacial score (nSPS) is 16.1. The third-order valence-electron chi connectivity index (χ3n) is 6.82. The smallest absolute Gasteiger partial charge is 0.246 e. The summed E-state index contributed by atoms with van der Waals surface area (Å²) in [6, 6.07) is 8.76. The summed E-state index contributed by atoms with van der Waals surface area (Å²) in [5.41, 5.74) is 3.63. The molecule has 0 aliphatic carbocycles. The fourth-order valence-electron chi connectivity index (χ4n) is 4.79. The summed E-state index contributed by atoms with van der Waals surface area (Å²) in [4.78, 5) is 16.5. The predicted octanol–water partition coefficient (Wildman–Crippen LogP) is 3.07. The highest BCUT2D eigenvalue weighted by molar-refractivity contribution is 7.89. The molecule has 1 saturated heterocycles. The molecule has 2 aliphatic heterocycles. The molecule has 0 radical (unpaired) electrons. The predicted molar refractivity (Wildman–Crippen MR) is 142 cm³/mol. The molecule has 4 rings (SSSR count). The molecule has 2 aromatic carbocycles. The van der Waals surface area contributed by atoms with Crippen LogP contribution >= 0.6 is 0 Å². The molecule has 0 bridgehead atoms. The van der Waals surface area contributed by atoms with Gasteiger partial charge in [-0.25, -0.2) is 8.42 Å². The first-order valence-corrected chi connectivity index (χ1v) is 13.7. The second-order valence-electron chi connectivity index (χ2n) is 9.43. The molecule has 10 heteroatoms. The number of anilines is 1. The van der Waals surface area contributed by atoms with Gasteiger partial charge in [0.15, 0.2) is 11.5 Å². The van der Waals surface area contributed by atoms with Gasteiger partial charge in [0.05, 0.1) is 31.9 Å². The Balaban J connectivity index is 1.56. The van der Waals surface area contributed by atoms with Crippen LogP contribution in [0.5, 0.6) is 17.2 Å². The number of ether oxygens (including phenoxy) is 3. The number of methoxy groups -OCH3 is 3. The molecule has 0 saturated carbocycles. The number of carbonyl (C=O) groups is 1. The Labute approximate surface area is 219 Å². The van der Waals surface area contributed by atoms with Gasteiger partial charge in [-0.1, -0.05) is 5.57 Å². The third-order valence-corrected chi connectivity index (χ3v) is 8.66. The van der Waals surface area contributed by atoms with Crippen LogP contribution in [0, 0.1) is 0 Å². The van der Waals surface area contributed by atoms with Crippen molar-refractivity contribution in [3.8, 4) is 17.2 Å². The van der Waals surface area contributed by atoms with Crippen molar-refractivity contribution in [3.05, 3.63) is 53.1 Å². The lowest BCUT2D eigenvalue weighted by Crippen LogP contribution is -2.48. The lowest BCUT2D eigenvalue weighted by atomic mass is 10.0. The topological polar surface area (TPSA) is 88.6 Å². The number of benzene rings is 2. The van der Waals surface area contributed by atoms with Gasteiger partial charge in [0.1, 0.15) is 5.75 Å². The maximum atomic E-state index is 13.7. The van der Waals surface area contributed by atoms with Crippen LogP contribution in [0.25, 0.3) is 0 Å². The van der Waals surface area contributed by atoms with Crippen LogP contribution in [-0.4, -0.2) is 77.6 Å².